The number of hydrogen-bond acceptors (Lipinski definition) is 4. The number of alkyl halides is 17. The zero-order chi connectivity index (χ0) is 45.2. The van der Waals surface area contributed by atoms with Crippen LogP contribution in [-0.4, -0.2) is 72.8 Å². The second-order valence-electron chi connectivity index (χ2n) is 13.5. The van der Waals surface area contributed by atoms with E-state index < -0.39 is 72.2 Å². The van der Waals surface area contributed by atoms with Gasteiger partial charge in [-0.05, 0) is 20.3 Å². The van der Waals surface area contributed by atoms with Gasteiger partial charge in [-0.3, -0.25) is 0 Å². The van der Waals surface area contributed by atoms with E-state index in [1.165, 1.54) is 96.3 Å². The zero-order valence-corrected chi connectivity index (χ0v) is 31.9. The van der Waals surface area contributed by atoms with Crippen molar-refractivity contribution in [1.29, 1.82) is 0 Å². The largest absolute Gasteiger partial charge is 0.462 e. The Kier molecular flexibility index (Phi) is 23.4. The molecule has 0 bridgehead atoms. The van der Waals surface area contributed by atoms with Gasteiger partial charge in [0.25, 0.3) is 0 Å². The Hall–Kier alpha value is -2.77. The van der Waals surface area contributed by atoms with E-state index in [1.807, 2.05) is 0 Å². The maximum atomic E-state index is 13.5. The first-order valence-electron chi connectivity index (χ1n) is 18.1. The minimum atomic E-state index is -8.67. The number of rotatable bonds is 28. The van der Waals surface area contributed by atoms with Gasteiger partial charge in [0.1, 0.15) is 0 Å². The van der Waals surface area contributed by atoms with Gasteiger partial charge in [0.2, 0.25) is 0 Å². The van der Waals surface area contributed by atoms with Crippen molar-refractivity contribution in [2.75, 3.05) is 13.2 Å². The molecule has 0 N–H and O–H groups in total. The number of carbonyl (C=O) groups is 2. The summed E-state index contributed by atoms with van der Waals surface area (Å²) in [6.45, 7) is 9.80. The lowest BCUT2D eigenvalue weighted by atomic mass is 9.88. The fourth-order valence-electron chi connectivity index (χ4n) is 4.69. The van der Waals surface area contributed by atoms with Crippen LogP contribution in [-0.2, 0) is 19.1 Å². The molecule has 0 heterocycles. The number of hydrogen-bond donors (Lipinski definition) is 0. The second kappa shape index (κ2) is 23.7. The molecule has 0 rings (SSSR count). The van der Waals surface area contributed by atoms with E-state index in [4.69, 9.17) is 4.74 Å². The van der Waals surface area contributed by atoms with Gasteiger partial charge in [-0.2, -0.15) is 74.6 Å². The molecule has 0 spiro atoms. The minimum absolute atomic E-state index is 0.254. The molecule has 0 aliphatic rings. The van der Waals surface area contributed by atoms with Crippen LogP contribution < -0.4 is 0 Å². The van der Waals surface area contributed by atoms with Crippen LogP contribution in [0.15, 0.2) is 24.3 Å². The Morgan fingerprint density at radius 2 is 0.667 bits per heavy atom. The molecule has 0 aromatic heterocycles. The van der Waals surface area contributed by atoms with Gasteiger partial charge in [0, 0.05) is 11.1 Å². The van der Waals surface area contributed by atoms with Crippen LogP contribution in [0.1, 0.15) is 130 Å². The van der Waals surface area contributed by atoms with Gasteiger partial charge in [-0.1, -0.05) is 116 Å². The molecular formula is C36H51F17O4. The number of unbranched alkanes of at least 4 members (excludes halogenated alkanes) is 15. The number of carbonyl (C=O) groups excluding carboxylic acids is 2. The van der Waals surface area contributed by atoms with Gasteiger partial charge in [0.05, 0.1) is 19.6 Å². The maximum absolute atomic E-state index is 13.5. The van der Waals surface area contributed by atoms with Crippen molar-refractivity contribution < 1.29 is 93.7 Å². The Morgan fingerprint density at radius 1 is 0.404 bits per heavy atom. The van der Waals surface area contributed by atoms with E-state index in [9.17, 15) is 84.2 Å². The van der Waals surface area contributed by atoms with E-state index in [-0.39, 0.29) is 5.97 Å². The summed E-state index contributed by atoms with van der Waals surface area (Å²) >= 11 is 0. The van der Waals surface area contributed by atoms with Crippen LogP contribution in [0.4, 0.5) is 74.6 Å². The topological polar surface area (TPSA) is 52.6 Å². The molecule has 0 aromatic carbocycles. The summed E-state index contributed by atoms with van der Waals surface area (Å²) in [5.41, 5.74) is -0.0964. The summed E-state index contributed by atoms with van der Waals surface area (Å²) in [4.78, 5) is 22.1. The van der Waals surface area contributed by atoms with Crippen LogP contribution in [0.25, 0.3) is 0 Å². The summed E-state index contributed by atoms with van der Waals surface area (Å²) in [5, 5.41) is 0. The van der Waals surface area contributed by atoms with Crippen molar-refractivity contribution in [3.8, 4) is 0 Å². The smallest absolute Gasteiger partial charge is 0.460 e. The molecule has 338 valence electrons. The third-order valence-electron chi connectivity index (χ3n) is 8.36. The van der Waals surface area contributed by atoms with Crippen LogP contribution in [0.3, 0.4) is 0 Å². The fourth-order valence-corrected chi connectivity index (χ4v) is 4.69. The molecular weight excluding hydrogens is 819 g/mol. The normalized spacial score (nSPS) is 13.5. The van der Waals surface area contributed by atoms with E-state index in [0.717, 1.165) is 13.3 Å². The number of halogens is 17. The quantitative estimate of drug-likeness (QED) is 0.0340. The van der Waals surface area contributed by atoms with Crippen molar-refractivity contribution in [3.05, 3.63) is 24.3 Å². The molecule has 0 aromatic rings. The molecule has 0 saturated carbocycles. The van der Waals surface area contributed by atoms with E-state index >= 15 is 0 Å². The van der Waals surface area contributed by atoms with Crippen molar-refractivity contribution in [2.45, 2.75) is 178 Å². The van der Waals surface area contributed by atoms with Crippen LogP contribution in [0.2, 0.25) is 0 Å². The van der Waals surface area contributed by atoms with Crippen LogP contribution in [0, 0.1) is 0 Å². The first-order valence-corrected chi connectivity index (χ1v) is 18.1. The van der Waals surface area contributed by atoms with Crippen molar-refractivity contribution in [2.24, 2.45) is 0 Å². The first kappa shape index (κ1) is 56.3. The van der Waals surface area contributed by atoms with Crippen LogP contribution >= 0.6 is 0 Å². The van der Waals surface area contributed by atoms with Gasteiger partial charge in [-0.25, -0.2) is 9.59 Å². The number of esters is 2. The molecule has 0 radical (unpaired) electrons. The van der Waals surface area contributed by atoms with Gasteiger partial charge >= 0.3 is 59.6 Å². The van der Waals surface area contributed by atoms with Crippen molar-refractivity contribution in [1.82, 2.24) is 0 Å². The van der Waals surface area contributed by atoms with Gasteiger partial charge < -0.3 is 9.47 Å². The monoisotopic (exact) mass is 870 g/mol. The lowest BCUT2D eigenvalue weighted by Gasteiger charge is -2.42. The highest BCUT2D eigenvalue weighted by Crippen LogP contribution is 2.64. The molecule has 21 heteroatoms. The molecule has 0 aliphatic heterocycles. The predicted molar refractivity (Wildman–Crippen MR) is 176 cm³/mol. The van der Waals surface area contributed by atoms with Crippen LogP contribution in [0.5, 0.6) is 0 Å². The molecule has 4 nitrogen and oxygen atoms in total. The maximum Gasteiger partial charge on any atom is 0.460 e. The van der Waals surface area contributed by atoms with Crippen molar-refractivity contribution >= 4 is 11.9 Å². The standard InChI is InChI=1S/C22H42O2.C14H9F17O2/c1-4-5-6-7-8-9-10-11-12-13-14-15-16-17-18-19-20-24-22(23)21(2)3;1-5(2)6(32)33-4-3-7(15,16)8(17,18)9(19,20)10(21,22)11(23,24)12(25,26)13(27,28)14(29,30)31/h2,4-20H2,1,3H3;1,3-4H2,2H3. The summed E-state index contributed by atoms with van der Waals surface area (Å²) in [5.74, 6) is -58.7. The Morgan fingerprint density at radius 3 is 0.965 bits per heavy atom. The van der Waals surface area contributed by atoms with E-state index in [1.54, 1.807) is 6.92 Å². The highest BCUT2D eigenvalue weighted by Gasteiger charge is 2.95. The molecule has 0 saturated heterocycles. The van der Waals surface area contributed by atoms with E-state index in [2.05, 4.69) is 24.8 Å². The lowest BCUT2D eigenvalue weighted by Crippen LogP contribution is -2.74. The SMILES string of the molecule is C=C(C)C(=O)OCCC(F)(F)C(F)(F)C(F)(F)C(F)(F)C(F)(F)C(F)(F)C(F)(F)C(F)(F)F.C=C(C)C(=O)OCCCCCCCCCCCCCCCCCC. The summed E-state index contributed by atoms with van der Waals surface area (Å²) in [6, 6.07) is 0. The Labute approximate surface area is 321 Å². The molecule has 57 heavy (non-hydrogen) atoms. The highest BCUT2D eigenvalue weighted by atomic mass is 19.4. The molecule has 0 fully saturated rings. The zero-order valence-electron chi connectivity index (χ0n) is 31.9. The predicted octanol–water partition coefficient (Wildman–Crippen LogP) is 13.9. The summed E-state index contributed by atoms with van der Waals surface area (Å²) < 4.78 is 230. The first-order chi connectivity index (χ1) is 25.8. The third kappa shape index (κ3) is 15.7. The van der Waals surface area contributed by atoms with E-state index in [0.29, 0.717) is 12.2 Å². The Balaban J connectivity index is 0. The van der Waals surface area contributed by atoms with Gasteiger partial charge in [0.15, 0.2) is 0 Å². The average Bonchev–Trinajstić information content (AvgIpc) is 3.08. The second-order valence-corrected chi connectivity index (χ2v) is 13.5. The lowest BCUT2D eigenvalue weighted by molar-refractivity contribution is -0.461. The van der Waals surface area contributed by atoms with Gasteiger partial charge in [-0.15, -0.1) is 0 Å². The number of ether oxygens (including phenoxy) is 2. The summed E-state index contributed by atoms with van der Waals surface area (Å²) in [7, 11) is 0. The minimum Gasteiger partial charge on any atom is -0.462 e. The average molecular weight is 871 g/mol. The highest BCUT2D eigenvalue weighted by molar-refractivity contribution is 5.87. The third-order valence-corrected chi connectivity index (χ3v) is 8.36. The Bertz CT molecular complexity index is 1230. The molecule has 0 unspecified atom stereocenters. The molecule has 0 amide bonds. The fraction of sp³-hybridized carbons (Fsp3) is 0.833. The van der Waals surface area contributed by atoms with Crippen molar-refractivity contribution in [3.63, 3.8) is 0 Å². The molecule has 0 aliphatic carbocycles. The molecule has 0 atom stereocenters. The summed E-state index contributed by atoms with van der Waals surface area (Å²) in [6.07, 6.45) is 11.1.